The molecule has 0 rings (SSSR count). The minimum absolute atomic E-state index is 0.231. The third kappa shape index (κ3) is 18.0. The number of rotatable bonds is 6. The van der Waals surface area contributed by atoms with Crippen LogP contribution in [0, 0.1) is 0 Å². The van der Waals surface area contributed by atoms with Gasteiger partial charge in [-0.1, -0.05) is 34.6 Å². The maximum absolute atomic E-state index is 9.33. The van der Waals surface area contributed by atoms with Gasteiger partial charge in [0.1, 0.15) is 0 Å². The van der Waals surface area contributed by atoms with Gasteiger partial charge in [0, 0.05) is 18.1 Å². The van der Waals surface area contributed by atoms with E-state index in [0.717, 1.165) is 6.54 Å². The van der Waals surface area contributed by atoms with Gasteiger partial charge in [-0.2, -0.15) is 0 Å². The molecular formula is C19H48N2O2. The van der Waals surface area contributed by atoms with E-state index >= 15 is 0 Å². The zero-order valence-corrected chi connectivity index (χ0v) is 18.4. The Morgan fingerprint density at radius 1 is 0.696 bits per heavy atom. The van der Waals surface area contributed by atoms with E-state index < -0.39 is 0 Å². The summed E-state index contributed by atoms with van der Waals surface area (Å²) in [7, 11) is 3.91. The van der Waals surface area contributed by atoms with E-state index in [4.69, 9.17) is 5.11 Å². The van der Waals surface area contributed by atoms with Crippen LogP contribution >= 0.6 is 0 Å². The lowest BCUT2D eigenvalue weighted by Gasteiger charge is -2.33. The molecule has 146 valence electrons. The molecule has 4 unspecified atom stereocenters. The van der Waals surface area contributed by atoms with Crippen molar-refractivity contribution in [3.05, 3.63) is 0 Å². The molecule has 0 amide bonds. The summed E-state index contributed by atoms with van der Waals surface area (Å²) >= 11 is 0. The highest BCUT2D eigenvalue weighted by Crippen LogP contribution is 2.07. The van der Waals surface area contributed by atoms with Crippen molar-refractivity contribution in [3.63, 3.8) is 0 Å². The summed E-state index contributed by atoms with van der Waals surface area (Å²) < 4.78 is 0. The second kappa shape index (κ2) is 19.9. The highest BCUT2D eigenvalue weighted by atomic mass is 16.3. The lowest BCUT2D eigenvalue weighted by Crippen LogP contribution is -2.44. The van der Waals surface area contributed by atoms with E-state index in [0.29, 0.717) is 6.04 Å². The Labute approximate surface area is 147 Å². The predicted octanol–water partition coefficient (Wildman–Crippen LogP) is 3.86. The molecule has 0 aromatic rings. The molecule has 0 saturated carbocycles. The van der Waals surface area contributed by atoms with Crippen LogP contribution in [-0.2, 0) is 0 Å². The summed E-state index contributed by atoms with van der Waals surface area (Å²) in [4.78, 5) is 4.27. The van der Waals surface area contributed by atoms with E-state index in [9.17, 15) is 5.11 Å². The Balaban J connectivity index is -0.000000133. The third-order valence-electron chi connectivity index (χ3n) is 3.76. The lowest BCUT2D eigenvalue weighted by atomic mass is 10.1. The minimum atomic E-state index is -0.239. The van der Waals surface area contributed by atoms with E-state index in [2.05, 4.69) is 32.6 Å². The Bertz CT molecular complexity index is 200. The first kappa shape index (κ1) is 30.7. The Kier molecular flexibility index (Phi) is 26.5. The average molecular weight is 337 g/mol. The summed E-state index contributed by atoms with van der Waals surface area (Å²) in [5.74, 6) is 0. The van der Waals surface area contributed by atoms with Gasteiger partial charge in [0.2, 0.25) is 0 Å². The molecule has 0 saturated heterocycles. The number of aliphatic hydroxyl groups is 2. The summed E-state index contributed by atoms with van der Waals surface area (Å²) in [5.41, 5.74) is 0. The molecule has 2 N–H and O–H groups in total. The molecule has 0 aliphatic carbocycles. The van der Waals surface area contributed by atoms with Crippen LogP contribution in [0.5, 0.6) is 0 Å². The summed E-state index contributed by atoms with van der Waals surface area (Å²) in [5, 5.41) is 18.3. The molecule has 0 aliphatic heterocycles. The number of nitrogens with zero attached hydrogens (tertiary/aromatic N) is 2. The zero-order valence-electron chi connectivity index (χ0n) is 18.4. The Morgan fingerprint density at radius 2 is 1.00 bits per heavy atom. The Hall–Kier alpha value is -0.160. The smallest absolute Gasteiger partial charge is 0.0664 e. The van der Waals surface area contributed by atoms with Crippen molar-refractivity contribution in [2.45, 2.75) is 106 Å². The van der Waals surface area contributed by atoms with Gasteiger partial charge in [-0.15, -0.1) is 0 Å². The molecule has 0 radical (unpaired) electrons. The van der Waals surface area contributed by atoms with E-state index in [1.165, 1.54) is 0 Å². The molecule has 4 heteroatoms. The molecule has 23 heavy (non-hydrogen) atoms. The normalized spacial score (nSPS) is 15.4. The first-order valence-corrected chi connectivity index (χ1v) is 9.34. The molecule has 4 atom stereocenters. The minimum Gasteiger partial charge on any atom is -0.392 e. The molecule has 0 aromatic carbocycles. The topological polar surface area (TPSA) is 46.9 Å². The monoisotopic (exact) mass is 336 g/mol. The van der Waals surface area contributed by atoms with Crippen LogP contribution in [0.4, 0.5) is 0 Å². The number of likely N-dealkylation sites (N-methyl/N-ethyl adjacent to an activating group) is 2. The molecule has 0 heterocycles. The average Bonchev–Trinajstić information content (AvgIpc) is 2.51. The van der Waals surface area contributed by atoms with Crippen molar-refractivity contribution in [1.29, 1.82) is 0 Å². The summed E-state index contributed by atoms with van der Waals surface area (Å²) in [6.07, 6.45) is -0.470. The van der Waals surface area contributed by atoms with E-state index in [1.807, 2.05) is 60.5 Å². The quantitative estimate of drug-likeness (QED) is 0.773. The van der Waals surface area contributed by atoms with Crippen LogP contribution in [0.15, 0.2) is 0 Å². The van der Waals surface area contributed by atoms with Crippen molar-refractivity contribution in [2.75, 3.05) is 20.6 Å². The third-order valence-corrected chi connectivity index (χ3v) is 3.76. The molecule has 4 nitrogen and oxygen atoms in total. The van der Waals surface area contributed by atoms with Gasteiger partial charge in [-0.05, 0) is 62.2 Å². The zero-order chi connectivity index (χ0) is 19.7. The fraction of sp³-hybridized carbons (Fsp3) is 1.00. The standard InChI is InChI=1S/C9H21NO.C6H15NO.2C2H6/c1-6-10(7(2)3)8(4)9(5)11;1-5(6(2)8)7(3)4;2*1-2/h7-9,11H,6H2,1-5H3;5-6,8H,1-4H3;2*1-2H3. The highest BCUT2D eigenvalue weighted by Gasteiger charge is 2.18. The molecule has 0 spiro atoms. The number of aliphatic hydroxyl groups excluding tert-OH is 2. The first-order valence-electron chi connectivity index (χ1n) is 9.34. The number of hydrogen-bond acceptors (Lipinski definition) is 4. The van der Waals surface area contributed by atoms with Gasteiger partial charge >= 0.3 is 0 Å². The van der Waals surface area contributed by atoms with Crippen LogP contribution in [0.1, 0.15) is 76.2 Å². The van der Waals surface area contributed by atoms with Gasteiger partial charge in [0.05, 0.1) is 12.2 Å². The van der Waals surface area contributed by atoms with Gasteiger partial charge in [-0.3, -0.25) is 4.90 Å². The second-order valence-electron chi connectivity index (χ2n) is 5.85. The summed E-state index contributed by atoms with van der Waals surface area (Å²) in [6.45, 7) is 23.1. The largest absolute Gasteiger partial charge is 0.392 e. The lowest BCUT2D eigenvalue weighted by molar-refractivity contribution is 0.0556. The Morgan fingerprint density at radius 3 is 1.04 bits per heavy atom. The van der Waals surface area contributed by atoms with E-state index in [-0.39, 0.29) is 24.3 Å². The predicted molar refractivity (Wildman–Crippen MR) is 106 cm³/mol. The second-order valence-corrected chi connectivity index (χ2v) is 5.85. The summed E-state index contributed by atoms with van der Waals surface area (Å²) in [6, 6.07) is 1.04. The molecule has 0 aromatic heterocycles. The van der Waals surface area contributed by atoms with Crippen LogP contribution in [-0.4, -0.2) is 71.0 Å². The van der Waals surface area contributed by atoms with Crippen molar-refractivity contribution >= 4 is 0 Å². The van der Waals surface area contributed by atoms with Crippen molar-refractivity contribution < 1.29 is 10.2 Å². The van der Waals surface area contributed by atoms with Crippen LogP contribution in [0.25, 0.3) is 0 Å². The first-order chi connectivity index (χ1) is 10.6. The molecule has 0 aliphatic rings. The van der Waals surface area contributed by atoms with Crippen LogP contribution in [0.2, 0.25) is 0 Å². The van der Waals surface area contributed by atoms with Gasteiger partial charge in [0.15, 0.2) is 0 Å². The fourth-order valence-corrected chi connectivity index (χ4v) is 1.83. The van der Waals surface area contributed by atoms with Crippen LogP contribution < -0.4 is 0 Å². The maximum atomic E-state index is 9.33. The van der Waals surface area contributed by atoms with Gasteiger partial charge < -0.3 is 15.1 Å². The SMILES string of the molecule is CC.CC.CC(O)C(C)N(C)C.CCN(C(C)C)C(C)C(C)O. The molecule has 0 fully saturated rings. The van der Waals surface area contributed by atoms with E-state index in [1.54, 1.807) is 6.92 Å². The number of hydrogen-bond donors (Lipinski definition) is 2. The van der Waals surface area contributed by atoms with Gasteiger partial charge in [0.25, 0.3) is 0 Å². The van der Waals surface area contributed by atoms with Crippen molar-refractivity contribution in [1.82, 2.24) is 9.80 Å². The molecule has 0 bridgehead atoms. The highest BCUT2D eigenvalue weighted by molar-refractivity contribution is 4.73. The van der Waals surface area contributed by atoms with Crippen molar-refractivity contribution in [3.8, 4) is 0 Å². The molecular weight excluding hydrogens is 288 g/mol. The fourth-order valence-electron chi connectivity index (χ4n) is 1.83. The van der Waals surface area contributed by atoms with Crippen molar-refractivity contribution in [2.24, 2.45) is 0 Å². The van der Waals surface area contributed by atoms with Crippen LogP contribution in [0.3, 0.4) is 0 Å². The maximum Gasteiger partial charge on any atom is 0.0664 e. The van der Waals surface area contributed by atoms with Gasteiger partial charge in [-0.25, -0.2) is 0 Å².